The van der Waals surface area contributed by atoms with E-state index in [0.717, 1.165) is 29.6 Å². The van der Waals surface area contributed by atoms with Crippen molar-refractivity contribution in [2.75, 3.05) is 0 Å². The highest BCUT2D eigenvalue weighted by molar-refractivity contribution is 5.15. The first-order valence-electron chi connectivity index (χ1n) is 9.17. The van der Waals surface area contributed by atoms with E-state index in [-0.39, 0.29) is 0 Å². The molecule has 20 heavy (non-hydrogen) atoms. The molecule has 4 unspecified atom stereocenters. The van der Waals surface area contributed by atoms with Crippen LogP contribution in [0.5, 0.6) is 0 Å². The van der Waals surface area contributed by atoms with Crippen molar-refractivity contribution in [3.05, 3.63) is 5.92 Å². The predicted molar refractivity (Wildman–Crippen MR) is 89.5 cm³/mol. The predicted octanol–water partition coefficient (Wildman–Crippen LogP) is 6.51. The lowest BCUT2D eigenvalue weighted by Gasteiger charge is -2.55. The van der Waals surface area contributed by atoms with E-state index in [1.165, 1.54) is 44.9 Å². The Morgan fingerprint density at radius 2 is 1.85 bits per heavy atom. The summed E-state index contributed by atoms with van der Waals surface area (Å²) in [5, 5.41) is 0. The molecule has 0 aromatic heterocycles. The summed E-state index contributed by atoms with van der Waals surface area (Å²) in [6.07, 6.45) is 10.3. The Labute approximate surface area is 128 Å². The van der Waals surface area contributed by atoms with E-state index < -0.39 is 0 Å². The molecule has 0 aromatic rings. The zero-order valence-electron chi connectivity index (χ0n) is 14.8. The first-order valence-corrected chi connectivity index (χ1v) is 9.17. The lowest BCUT2D eigenvalue weighted by Crippen LogP contribution is -2.32. The summed E-state index contributed by atoms with van der Waals surface area (Å²) >= 11 is 0. The van der Waals surface area contributed by atoms with E-state index in [2.05, 4.69) is 41.5 Å². The molecule has 0 aliphatic heterocycles. The minimum atomic E-state index is 0.505. The Bertz CT molecular complexity index is 301. The Morgan fingerprint density at radius 3 is 2.45 bits per heavy atom. The number of fused-ring (bicyclic) bond motifs is 1. The maximum absolute atomic E-state index is 2.50. The summed E-state index contributed by atoms with van der Waals surface area (Å²) < 4.78 is 0. The molecule has 118 valence electrons. The molecular weight excluding hydrogens is 240 g/mol. The fourth-order valence-corrected chi connectivity index (χ4v) is 4.68. The van der Waals surface area contributed by atoms with E-state index in [1.807, 2.05) is 5.92 Å². The normalized spacial score (nSPS) is 30.1. The molecule has 0 nitrogen and oxygen atoms in total. The molecule has 2 aliphatic carbocycles. The largest absolute Gasteiger partial charge is 0.308 e. The Hall–Kier alpha value is 0. The summed E-state index contributed by atoms with van der Waals surface area (Å²) in [6, 6.07) is 0. The summed E-state index contributed by atoms with van der Waals surface area (Å²) in [6.45, 7) is 14.7. The molecule has 0 aromatic carbocycles. The zero-order chi connectivity index (χ0) is 14.9. The van der Waals surface area contributed by atoms with Crippen LogP contribution in [0.25, 0.3) is 0 Å². The van der Waals surface area contributed by atoms with Gasteiger partial charge in [0, 0.05) is 0 Å². The van der Waals surface area contributed by atoms with Gasteiger partial charge >= 0.3 is 0 Å². The van der Waals surface area contributed by atoms with E-state index in [9.17, 15) is 0 Å². The van der Waals surface area contributed by atoms with Gasteiger partial charge in [-0.3, -0.25) is 0 Å². The van der Waals surface area contributed by atoms with Crippen molar-refractivity contribution < 1.29 is 0 Å². The van der Waals surface area contributed by atoms with Crippen LogP contribution in [0.3, 0.4) is 0 Å². The van der Waals surface area contributed by atoms with Crippen LogP contribution >= 0.6 is 0 Å². The Kier molecular flexibility index (Phi) is 5.24. The lowest BCUT2D eigenvalue weighted by atomic mass is 9.63. The maximum Gasteiger partial charge on any atom is -0.0326 e. The van der Waals surface area contributed by atoms with E-state index in [1.54, 1.807) is 0 Å². The fourth-order valence-electron chi connectivity index (χ4n) is 4.68. The third-order valence-electron chi connectivity index (χ3n) is 6.84. The highest BCUT2D eigenvalue weighted by atomic mass is 14.5. The minimum Gasteiger partial charge on any atom is -0.308 e. The van der Waals surface area contributed by atoms with Gasteiger partial charge in [0.25, 0.3) is 0 Å². The van der Waals surface area contributed by atoms with Crippen molar-refractivity contribution in [1.82, 2.24) is 0 Å². The van der Waals surface area contributed by atoms with Gasteiger partial charge in [-0.05, 0) is 29.6 Å². The average Bonchev–Trinajstić information content (AvgIpc) is 2.74. The van der Waals surface area contributed by atoms with Crippen LogP contribution in [0.4, 0.5) is 0 Å². The van der Waals surface area contributed by atoms with Crippen LogP contribution in [0.15, 0.2) is 0 Å². The van der Waals surface area contributed by atoms with Crippen molar-refractivity contribution >= 4 is 0 Å². The molecule has 4 atom stereocenters. The van der Waals surface area contributed by atoms with Crippen LogP contribution in [0.2, 0.25) is 0 Å². The third-order valence-corrected chi connectivity index (χ3v) is 6.84. The maximum atomic E-state index is 2.50. The second-order valence-electron chi connectivity index (χ2n) is 9.00. The van der Waals surface area contributed by atoms with Gasteiger partial charge in [0.15, 0.2) is 0 Å². The van der Waals surface area contributed by atoms with Gasteiger partial charge in [0.1, 0.15) is 0 Å². The van der Waals surface area contributed by atoms with Gasteiger partial charge in [0.05, 0.1) is 0 Å². The topological polar surface area (TPSA) is 0 Å². The van der Waals surface area contributed by atoms with Gasteiger partial charge in [0.2, 0.25) is 0 Å². The fraction of sp³-hybridized carbons (Fsp3) is 0.950. The molecule has 2 fully saturated rings. The molecule has 0 bridgehead atoms. The molecule has 0 spiro atoms. The molecule has 0 heteroatoms. The second kappa shape index (κ2) is 6.41. The first-order chi connectivity index (χ1) is 9.31. The monoisotopic (exact) mass is 277 g/mol. The summed E-state index contributed by atoms with van der Waals surface area (Å²) in [4.78, 5) is 0. The number of rotatable bonds is 7. The number of hydrogen-bond donors (Lipinski definition) is 0. The van der Waals surface area contributed by atoms with Crippen molar-refractivity contribution in [3.63, 3.8) is 0 Å². The molecule has 2 saturated carbocycles. The van der Waals surface area contributed by atoms with Crippen molar-refractivity contribution in [3.8, 4) is 0 Å². The highest BCUT2D eigenvalue weighted by Crippen LogP contribution is 2.55. The van der Waals surface area contributed by atoms with Gasteiger partial charge in [-0.15, -0.1) is 6.42 Å². The van der Waals surface area contributed by atoms with Gasteiger partial charge < -0.3 is 5.92 Å². The minimum absolute atomic E-state index is 0.505. The first kappa shape index (κ1) is 16.4. The Morgan fingerprint density at radius 1 is 1.15 bits per heavy atom. The number of hydrogen-bond acceptors (Lipinski definition) is 0. The molecule has 0 radical (unpaired) electrons. The van der Waals surface area contributed by atoms with Crippen molar-refractivity contribution in [2.24, 2.45) is 35.0 Å². The van der Waals surface area contributed by atoms with E-state index in [0.29, 0.717) is 5.41 Å². The average molecular weight is 278 g/mol. The van der Waals surface area contributed by atoms with Crippen LogP contribution in [0, 0.1) is 40.9 Å². The van der Waals surface area contributed by atoms with Gasteiger partial charge in [-0.25, -0.2) is 0 Å². The van der Waals surface area contributed by atoms with Crippen LogP contribution in [-0.4, -0.2) is 0 Å². The third kappa shape index (κ3) is 3.60. The van der Waals surface area contributed by atoms with Crippen molar-refractivity contribution in [2.45, 2.75) is 86.5 Å². The molecule has 0 saturated heterocycles. The zero-order valence-corrected chi connectivity index (χ0v) is 14.8. The molecule has 0 amide bonds. The molecule has 0 N–H and O–H groups in total. The van der Waals surface area contributed by atoms with Crippen LogP contribution < -0.4 is 0 Å². The van der Waals surface area contributed by atoms with Gasteiger partial charge in [-0.2, -0.15) is 18.3 Å². The summed E-state index contributed by atoms with van der Waals surface area (Å²) in [7, 11) is 0. The molecule has 2 aliphatic rings. The summed E-state index contributed by atoms with van der Waals surface area (Å²) in [5.41, 5.74) is 0.505. The smallest absolute Gasteiger partial charge is 0.0326 e. The molecular formula is C20H37-. The highest BCUT2D eigenvalue weighted by Gasteiger charge is 2.32. The second-order valence-corrected chi connectivity index (χ2v) is 9.00. The quantitative estimate of drug-likeness (QED) is 0.466. The SMILES string of the molecule is CC(CCC(C)(C)C(C)C(C)C)CC1CC2CCC[C-]21. The van der Waals surface area contributed by atoms with Crippen LogP contribution in [0.1, 0.15) is 86.5 Å². The van der Waals surface area contributed by atoms with Gasteiger partial charge in [-0.1, -0.05) is 67.2 Å². The summed E-state index contributed by atoms with van der Waals surface area (Å²) in [5.74, 6) is 6.60. The van der Waals surface area contributed by atoms with E-state index in [4.69, 9.17) is 0 Å². The lowest BCUT2D eigenvalue weighted by molar-refractivity contribution is 0.141. The molecule has 0 heterocycles. The molecule has 2 rings (SSSR count). The Balaban J connectivity index is 1.71. The van der Waals surface area contributed by atoms with E-state index >= 15 is 0 Å². The van der Waals surface area contributed by atoms with Crippen LogP contribution in [-0.2, 0) is 0 Å². The van der Waals surface area contributed by atoms with Crippen molar-refractivity contribution in [1.29, 1.82) is 0 Å². The standard InChI is InChI=1S/C20H37/c1-14(2)16(4)20(5,6)11-10-15(3)12-18-13-17-8-7-9-19(17)18/h14-18H,7-13H2,1-6H3/q-1.